The molecular formula is C8H10O7. The summed E-state index contributed by atoms with van der Waals surface area (Å²) in [6.07, 6.45) is -1.09. The molecule has 1 fully saturated rings. The molecular weight excluding hydrogens is 208 g/mol. The number of aliphatic carboxylic acids is 1. The van der Waals surface area contributed by atoms with E-state index >= 15 is 0 Å². The van der Waals surface area contributed by atoms with Crippen LogP contribution < -0.4 is 0 Å². The third kappa shape index (κ3) is 2.44. The number of carboxylic acid groups (broad SMARTS) is 1. The average molecular weight is 218 g/mol. The summed E-state index contributed by atoms with van der Waals surface area (Å²) >= 11 is 0. The molecule has 1 saturated heterocycles. The van der Waals surface area contributed by atoms with Gasteiger partial charge in [0.1, 0.15) is 0 Å². The molecule has 0 spiro atoms. The van der Waals surface area contributed by atoms with E-state index in [1.165, 1.54) is 0 Å². The van der Waals surface area contributed by atoms with Crippen molar-refractivity contribution in [2.75, 3.05) is 13.9 Å². The minimum absolute atomic E-state index is 0.344. The van der Waals surface area contributed by atoms with Crippen molar-refractivity contribution < 1.29 is 33.7 Å². The van der Waals surface area contributed by atoms with Gasteiger partial charge in [-0.25, -0.2) is 4.79 Å². The average Bonchev–Trinajstić information content (AvgIpc) is 2.47. The molecule has 1 heterocycles. The number of methoxy groups -OCH3 is 1. The van der Waals surface area contributed by atoms with Gasteiger partial charge in [0.25, 0.3) is 0 Å². The fraction of sp³-hybridized carbons (Fsp3) is 0.625. The normalized spacial score (nSPS) is 24.7. The summed E-state index contributed by atoms with van der Waals surface area (Å²) in [5.74, 6) is -2.83. The Morgan fingerprint density at radius 3 is 2.60 bits per heavy atom. The summed E-state index contributed by atoms with van der Waals surface area (Å²) in [7, 11) is 1.14. The van der Waals surface area contributed by atoms with E-state index in [1.54, 1.807) is 0 Å². The predicted molar refractivity (Wildman–Crippen MR) is 43.7 cm³/mol. The number of rotatable bonds is 4. The van der Waals surface area contributed by atoms with Crippen LogP contribution in [0.2, 0.25) is 0 Å². The number of carbonyl (C=O) groups excluding carboxylic acids is 2. The second-order valence-electron chi connectivity index (χ2n) is 3.01. The van der Waals surface area contributed by atoms with Gasteiger partial charge >= 0.3 is 17.9 Å². The molecule has 0 unspecified atom stereocenters. The molecule has 0 amide bonds. The SMILES string of the molecule is COC(=O)C[C@@]1(CC(=O)O)OCOC1=O. The summed E-state index contributed by atoms with van der Waals surface area (Å²) in [6.45, 7) is -0.344. The molecule has 0 aromatic carbocycles. The second-order valence-corrected chi connectivity index (χ2v) is 3.01. The highest BCUT2D eigenvalue weighted by Crippen LogP contribution is 2.28. The van der Waals surface area contributed by atoms with Gasteiger partial charge in [0.2, 0.25) is 0 Å². The molecule has 1 N–H and O–H groups in total. The van der Waals surface area contributed by atoms with Gasteiger partial charge in [0, 0.05) is 0 Å². The van der Waals surface area contributed by atoms with Gasteiger partial charge in [-0.05, 0) is 0 Å². The number of esters is 2. The van der Waals surface area contributed by atoms with Crippen LogP contribution in [-0.2, 0) is 28.6 Å². The molecule has 0 aromatic rings. The fourth-order valence-corrected chi connectivity index (χ4v) is 1.24. The van der Waals surface area contributed by atoms with Gasteiger partial charge < -0.3 is 19.3 Å². The van der Waals surface area contributed by atoms with Crippen molar-refractivity contribution in [3.63, 3.8) is 0 Å². The third-order valence-corrected chi connectivity index (χ3v) is 1.99. The first kappa shape index (κ1) is 11.4. The van der Waals surface area contributed by atoms with Crippen LogP contribution in [0.4, 0.5) is 0 Å². The van der Waals surface area contributed by atoms with Crippen molar-refractivity contribution in [1.29, 1.82) is 0 Å². The largest absolute Gasteiger partial charge is 0.481 e. The molecule has 15 heavy (non-hydrogen) atoms. The summed E-state index contributed by atoms with van der Waals surface area (Å²) in [4.78, 5) is 32.8. The first-order valence-electron chi connectivity index (χ1n) is 4.10. The zero-order valence-corrected chi connectivity index (χ0v) is 8.02. The Morgan fingerprint density at radius 2 is 2.20 bits per heavy atom. The number of hydrogen-bond donors (Lipinski definition) is 1. The third-order valence-electron chi connectivity index (χ3n) is 1.99. The smallest absolute Gasteiger partial charge is 0.341 e. The Bertz CT molecular complexity index is 297. The van der Waals surface area contributed by atoms with E-state index in [1.807, 2.05) is 0 Å². The van der Waals surface area contributed by atoms with Crippen LogP contribution in [0, 0.1) is 0 Å². The Labute approximate surface area is 84.9 Å². The summed E-state index contributed by atoms with van der Waals surface area (Å²) in [6, 6.07) is 0. The van der Waals surface area contributed by atoms with Crippen molar-refractivity contribution in [3.05, 3.63) is 0 Å². The van der Waals surface area contributed by atoms with Crippen molar-refractivity contribution in [3.8, 4) is 0 Å². The van der Waals surface area contributed by atoms with Gasteiger partial charge in [-0.2, -0.15) is 0 Å². The monoisotopic (exact) mass is 218 g/mol. The molecule has 0 saturated carbocycles. The minimum Gasteiger partial charge on any atom is -0.481 e. The molecule has 0 aromatic heterocycles. The van der Waals surface area contributed by atoms with Crippen molar-refractivity contribution in [1.82, 2.24) is 0 Å². The highest BCUT2D eigenvalue weighted by atomic mass is 16.7. The van der Waals surface area contributed by atoms with Crippen LogP contribution in [0.1, 0.15) is 12.8 Å². The minimum atomic E-state index is -1.74. The number of carboxylic acids is 1. The first-order chi connectivity index (χ1) is 7.00. The van der Waals surface area contributed by atoms with Crippen LogP contribution in [0.15, 0.2) is 0 Å². The fourth-order valence-electron chi connectivity index (χ4n) is 1.24. The molecule has 0 aliphatic carbocycles. The summed E-state index contributed by atoms with van der Waals surface area (Å²) in [5.41, 5.74) is -1.74. The van der Waals surface area contributed by atoms with E-state index in [9.17, 15) is 14.4 Å². The predicted octanol–water partition coefficient (Wildman–Crippen LogP) is -0.706. The van der Waals surface area contributed by atoms with Gasteiger partial charge in [0.05, 0.1) is 20.0 Å². The van der Waals surface area contributed by atoms with E-state index in [0.29, 0.717) is 0 Å². The molecule has 7 heteroatoms. The molecule has 0 bridgehead atoms. The molecule has 84 valence electrons. The maximum Gasteiger partial charge on any atom is 0.341 e. The molecule has 7 nitrogen and oxygen atoms in total. The highest BCUT2D eigenvalue weighted by molar-refractivity contribution is 5.90. The number of hydrogen-bond acceptors (Lipinski definition) is 6. The maximum absolute atomic E-state index is 11.3. The standard InChI is InChI=1S/C8H10O7/c1-13-6(11)3-8(2-5(9)10)7(12)14-4-15-8/h2-4H2,1H3,(H,9,10)/t8-/m1/s1. The lowest BCUT2D eigenvalue weighted by Gasteiger charge is -2.19. The Balaban J connectivity index is 2.81. The van der Waals surface area contributed by atoms with Gasteiger partial charge in [-0.15, -0.1) is 0 Å². The zero-order valence-electron chi connectivity index (χ0n) is 8.02. The first-order valence-corrected chi connectivity index (χ1v) is 4.10. The Morgan fingerprint density at radius 1 is 1.53 bits per heavy atom. The lowest BCUT2D eigenvalue weighted by atomic mass is 9.96. The molecule has 1 aliphatic heterocycles. The summed E-state index contributed by atoms with van der Waals surface area (Å²) in [5, 5.41) is 8.60. The van der Waals surface area contributed by atoms with Gasteiger partial charge in [0.15, 0.2) is 12.4 Å². The van der Waals surface area contributed by atoms with Crippen LogP contribution in [0.5, 0.6) is 0 Å². The summed E-state index contributed by atoms with van der Waals surface area (Å²) < 4.78 is 13.7. The topological polar surface area (TPSA) is 99.1 Å². The zero-order chi connectivity index (χ0) is 11.5. The maximum atomic E-state index is 11.3. The quantitative estimate of drug-likeness (QED) is 0.622. The van der Waals surface area contributed by atoms with E-state index in [0.717, 1.165) is 7.11 Å². The highest BCUT2D eigenvalue weighted by Gasteiger charge is 2.50. The number of carbonyl (C=O) groups is 3. The van der Waals surface area contributed by atoms with E-state index in [-0.39, 0.29) is 6.79 Å². The van der Waals surface area contributed by atoms with Gasteiger partial charge in [-0.1, -0.05) is 0 Å². The molecule has 0 radical (unpaired) electrons. The number of ether oxygens (including phenoxy) is 3. The second kappa shape index (κ2) is 4.26. The van der Waals surface area contributed by atoms with Gasteiger partial charge in [-0.3, -0.25) is 9.59 Å². The van der Waals surface area contributed by atoms with E-state index in [2.05, 4.69) is 9.47 Å². The van der Waals surface area contributed by atoms with Crippen molar-refractivity contribution in [2.24, 2.45) is 0 Å². The Hall–Kier alpha value is -1.63. The molecule has 1 rings (SSSR count). The lowest BCUT2D eigenvalue weighted by molar-refractivity contribution is -0.159. The van der Waals surface area contributed by atoms with Crippen LogP contribution in [-0.4, -0.2) is 42.5 Å². The van der Waals surface area contributed by atoms with Crippen LogP contribution in [0.3, 0.4) is 0 Å². The molecule has 1 atom stereocenters. The van der Waals surface area contributed by atoms with Crippen molar-refractivity contribution >= 4 is 17.9 Å². The van der Waals surface area contributed by atoms with E-state index in [4.69, 9.17) is 9.84 Å². The van der Waals surface area contributed by atoms with Crippen LogP contribution >= 0.6 is 0 Å². The van der Waals surface area contributed by atoms with Crippen molar-refractivity contribution in [2.45, 2.75) is 18.4 Å². The number of cyclic esters (lactones) is 1. The van der Waals surface area contributed by atoms with Crippen LogP contribution in [0.25, 0.3) is 0 Å². The Kier molecular flexibility index (Phi) is 3.25. The van der Waals surface area contributed by atoms with E-state index < -0.39 is 36.4 Å². The lowest BCUT2D eigenvalue weighted by Crippen LogP contribution is -2.41. The molecule has 1 aliphatic rings.